The van der Waals surface area contributed by atoms with Crippen molar-refractivity contribution in [3.05, 3.63) is 23.9 Å². The average Bonchev–Trinajstić information content (AvgIpc) is 3.31. The molecule has 3 aliphatic rings. The second kappa shape index (κ2) is 11.6. The standard InChI is InChI=1S/C26H39F3N4O3/c1-3-19-17-36-14-7-22(19)31-21-5-8-25(16-21,18-35-4-2)24(34)33-12-10-32(11-13-33)23-15-20(6-9-30-23)26(27,28)29/h6,9,15,19,21-22,31H,3-5,7-8,10-14,16-18H2,1-2H3/t19-,21-,22-,25?/m1/s1. The first-order chi connectivity index (χ1) is 17.3. The number of carbonyl (C=O) groups is 1. The van der Waals surface area contributed by atoms with Gasteiger partial charge in [0, 0.05) is 57.7 Å². The first-order valence-corrected chi connectivity index (χ1v) is 13.2. The molecule has 1 aromatic rings. The van der Waals surface area contributed by atoms with Gasteiger partial charge in [0.25, 0.3) is 0 Å². The summed E-state index contributed by atoms with van der Waals surface area (Å²) in [5, 5.41) is 3.84. The van der Waals surface area contributed by atoms with E-state index in [2.05, 4.69) is 17.2 Å². The van der Waals surface area contributed by atoms with Crippen LogP contribution in [-0.4, -0.2) is 80.5 Å². The fraction of sp³-hybridized carbons (Fsp3) is 0.769. The molecule has 1 aliphatic carbocycles. The molecule has 3 fully saturated rings. The van der Waals surface area contributed by atoms with Crippen molar-refractivity contribution in [3.8, 4) is 0 Å². The zero-order chi connectivity index (χ0) is 25.8. The Hall–Kier alpha value is -1.91. The summed E-state index contributed by atoms with van der Waals surface area (Å²) in [5.41, 5.74) is -1.27. The van der Waals surface area contributed by atoms with Crippen LogP contribution in [-0.2, 0) is 20.4 Å². The largest absolute Gasteiger partial charge is 0.416 e. The highest BCUT2D eigenvalue weighted by atomic mass is 19.4. The summed E-state index contributed by atoms with van der Waals surface area (Å²) in [4.78, 5) is 21.7. The minimum Gasteiger partial charge on any atom is -0.381 e. The maximum Gasteiger partial charge on any atom is 0.416 e. The number of pyridine rings is 1. The molecule has 2 saturated heterocycles. The third-order valence-electron chi connectivity index (χ3n) is 8.06. The van der Waals surface area contributed by atoms with Crippen molar-refractivity contribution in [2.45, 2.75) is 64.2 Å². The number of anilines is 1. The molecule has 1 saturated carbocycles. The zero-order valence-corrected chi connectivity index (χ0v) is 21.4. The Morgan fingerprint density at radius 1 is 1.25 bits per heavy atom. The number of nitrogens with zero attached hydrogens (tertiary/aromatic N) is 3. The SMILES string of the molecule is CCOCC1(C(=O)N2CCN(c3cc(C(F)(F)F)ccn3)CC2)CC[C@@H](N[C@@H]2CCOC[C@H]2CC)C1. The van der Waals surface area contributed by atoms with Gasteiger partial charge in [0.2, 0.25) is 5.91 Å². The maximum absolute atomic E-state index is 13.8. The molecule has 7 nitrogen and oxygen atoms in total. The topological polar surface area (TPSA) is 66.9 Å². The van der Waals surface area contributed by atoms with Crippen molar-refractivity contribution >= 4 is 11.7 Å². The van der Waals surface area contributed by atoms with Crippen molar-refractivity contribution in [2.24, 2.45) is 11.3 Å². The maximum atomic E-state index is 13.8. The number of ether oxygens (including phenoxy) is 2. The average molecular weight is 513 g/mol. The number of amides is 1. The molecule has 4 atom stereocenters. The molecular formula is C26H39F3N4O3. The fourth-order valence-corrected chi connectivity index (χ4v) is 5.92. The number of rotatable bonds is 8. The quantitative estimate of drug-likeness (QED) is 0.573. The van der Waals surface area contributed by atoms with Crippen LogP contribution in [0.4, 0.5) is 19.0 Å². The first-order valence-electron chi connectivity index (χ1n) is 13.2. The van der Waals surface area contributed by atoms with E-state index < -0.39 is 17.2 Å². The number of nitrogens with one attached hydrogen (secondary N) is 1. The van der Waals surface area contributed by atoms with E-state index in [1.54, 1.807) is 0 Å². The van der Waals surface area contributed by atoms with Crippen LogP contribution in [0.2, 0.25) is 0 Å². The van der Waals surface area contributed by atoms with E-state index in [-0.39, 0.29) is 11.9 Å². The Morgan fingerprint density at radius 2 is 2.03 bits per heavy atom. The van der Waals surface area contributed by atoms with E-state index in [1.165, 1.54) is 6.20 Å². The molecule has 3 heterocycles. The number of hydrogen-bond donors (Lipinski definition) is 1. The van der Waals surface area contributed by atoms with Crippen molar-refractivity contribution in [2.75, 3.05) is 57.5 Å². The molecule has 2 aliphatic heterocycles. The van der Waals surface area contributed by atoms with Gasteiger partial charge in [-0.15, -0.1) is 0 Å². The molecule has 4 rings (SSSR count). The normalized spacial score (nSPS) is 29.5. The summed E-state index contributed by atoms with van der Waals surface area (Å²) in [7, 11) is 0. The van der Waals surface area contributed by atoms with Crippen LogP contribution in [0.25, 0.3) is 0 Å². The molecule has 0 spiro atoms. The molecule has 1 N–H and O–H groups in total. The monoisotopic (exact) mass is 512 g/mol. The van der Waals surface area contributed by atoms with Gasteiger partial charge < -0.3 is 24.6 Å². The van der Waals surface area contributed by atoms with E-state index in [4.69, 9.17) is 9.47 Å². The number of aromatic nitrogens is 1. The second-order valence-electron chi connectivity index (χ2n) is 10.3. The lowest BCUT2D eigenvalue weighted by Gasteiger charge is -2.40. The highest BCUT2D eigenvalue weighted by Crippen LogP contribution is 2.41. The van der Waals surface area contributed by atoms with Crippen molar-refractivity contribution in [1.29, 1.82) is 0 Å². The minimum absolute atomic E-state index is 0.107. The minimum atomic E-state index is -4.41. The lowest BCUT2D eigenvalue weighted by Crippen LogP contribution is -2.54. The molecule has 1 amide bonds. The fourth-order valence-electron chi connectivity index (χ4n) is 5.92. The van der Waals surface area contributed by atoms with E-state index in [0.29, 0.717) is 57.2 Å². The molecule has 36 heavy (non-hydrogen) atoms. The molecule has 0 radical (unpaired) electrons. The van der Waals surface area contributed by atoms with E-state index in [1.807, 2.05) is 16.7 Å². The Labute approximate surface area is 211 Å². The van der Waals surface area contributed by atoms with Crippen molar-refractivity contribution in [1.82, 2.24) is 15.2 Å². The van der Waals surface area contributed by atoms with E-state index in [0.717, 1.165) is 57.5 Å². The van der Waals surface area contributed by atoms with Gasteiger partial charge >= 0.3 is 6.18 Å². The summed E-state index contributed by atoms with van der Waals surface area (Å²) < 4.78 is 50.8. The van der Waals surface area contributed by atoms with Gasteiger partial charge in [-0.25, -0.2) is 4.98 Å². The van der Waals surface area contributed by atoms with Crippen LogP contribution in [0.5, 0.6) is 0 Å². The van der Waals surface area contributed by atoms with Gasteiger partial charge in [0.15, 0.2) is 0 Å². The summed E-state index contributed by atoms with van der Waals surface area (Å²) in [6.45, 7) is 8.48. The Balaban J connectivity index is 1.38. The van der Waals surface area contributed by atoms with Gasteiger partial charge in [0.1, 0.15) is 5.82 Å². The van der Waals surface area contributed by atoms with Crippen molar-refractivity contribution < 1.29 is 27.4 Å². The number of carbonyl (C=O) groups excluding carboxylic acids is 1. The lowest BCUT2D eigenvalue weighted by molar-refractivity contribution is -0.146. The number of alkyl halides is 3. The Kier molecular flexibility index (Phi) is 8.78. The predicted molar refractivity (Wildman–Crippen MR) is 131 cm³/mol. The molecule has 1 aromatic heterocycles. The summed E-state index contributed by atoms with van der Waals surface area (Å²) in [6.07, 6.45) is 1.30. The van der Waals surface area contributed by atoms with Crippen LogP contribution in [0.3, 0.4) is 0 Å². The van der Waals surface area contributed by atoms with Crippen LogP contribution in [0, 0.1) is 11.3 Å². The molecule has 10 heteroatoms. The highest BCUT2D eigenvalue weighted by molar-refractivity contribution is 5.83. The zero-order valence-electron chi connectivity index (χ0n) is 21.4. The van der Waals surface area contributed by atoms with Gasteiger partial charge in [-0.2, -0.15) is 13.2 Å². The van der Waals surface area contributed by atoms with Crippen LogP contribution in [0.1, 0.15) is 51.5 Å². The molecule has 202 valence electrons. The Morgan fingerprint density at radius 3 is 2.72 bits per heavy atom. The third kappa shape index (κ3) is 6.14. The number of halogens is 3. The first kappa shape index (κ1) is 27.1. The van der Waals surface area contributed by atoms with Crippen molar-refractivity contribution in [3.63, 3.8) is 0 Å². The molecule has 0 aromatic carbocycles. The van der Waals surface area contributed by atoms with E-state index in [9.17, 15) is 18.0 Å². The Bertz CT molecular complexity index is 878. The van der Waals surface area contributed by atoms with Gasteiger partial charge in [-0.05, 0) is 57.1 Å². The third-order valence-corrected chi connectivity index (χ3v) is 8.06. The molecule has 0 bridgehead atoms. The number of piperazine rings is 1. The lowest BCUT2D eigenvalue weighted by atomic mass is 9.84. The van der Waals surface area contributed by atoms with Crippen LogP contribution in [0.15, 0.2) is 18.3 Å². The predicted octanol–water partition coefficient (Wildman–Crippen LogP) is 3.73. The number of hydrogen-bond acceptors (Lipinski definition) is 6. The van der Waals surface area contributed by atoms with Crippen LogP contribution >= 0.6 is 0 Å². The van der Waals surface area contributed by atoms with Gasteiger partial charge in [-0.3, -0.25) is 4.79 Å². The van der Waals surface area contributed by atoms with E-state index >= 15 is 0 Å². The smallest absolute Gasteiger partial charge is 0.381 e. The summed E-state index contributed by atoms with van der Waals surface area (Å²) >= 11 is 0. The summed E-state index contributed by atoms with van der Waals surface area (Å²) in [5.74, 6) is 0.901. The van der Waals surface area contributed by atoms with Crippen LogP contribution < -0.4 is 10.2 Å². The molecule has 1 unspecified atom stereocenters. The summed E-state index contributed by atoms with van der Waals surface area (Å²) in [6, 6.07) is 2.74. The van der Waals surface area contributed by atoms with Gasteiger partial charge in [0.05, 0.1) is 24.2 Å². The second-order valence-corrected chi connectivity index (χ2v) is 10.3. The highest BCUT2D eigenvalue weighted by Gasteiger charge is 2.48. The van der Waals surface area contributed by atoms with Gasteiger partial charge in [-0.1, -0.05) is 6.92 Å². The molecular weight excluding hydrogens is 473 g/mol.